The highest BCUT2D eigenvalue weighted by Gasteiger charge is 2.13. The van der Waals surface area contributed by atoms with Gasteiger partial charge in [0.2, 0.25) is 5.76 Å². The summed E-state index contributed by atoms with van der Waals surface area (Å²) in [6, 6.07) is 13.2. The Hall–Kier alpha value is -2.56. The van der Waals surface area contributed by atoms with Gasteiger partial charge < -0.3 is 14.5 Å². The van der Waals surface area contributed by atoms with Crippen molar-refractivity contribution in [3.63, 3.8) is 0 Å². The lowest BCUT2D eigenvalue weighted by atomic mass is 10.1. The molecule has 0 radical (unpaired) electrons. The Morgan fingerprint density at radius 1 is 1.18 bits per heavy atom. The monoisotopic (exact) mass is 301 g/mol. The minimum Gasteiger partial charge on any atom is -0.457 e. The van der Waals surface area contributed by atoms with E-state index in [0.29, 0.717) is 0 Å². The fourth-order valence-electron chi connectivity index (χ4n) is 2.01. The summed E-state index contributed by atoms with van der Waals surface area (Å²) in [6.45, 7) is 1.62. The van der Waals surface area contributed by atoms with E-state index in [-0.39, 0.29) is 24.3 Å². The molecule has 0 aliphatic rings. The molecule has 116 valence electrons. The summed E-state index contributed by atoms with van der Waals surface area (Å²) in [5.74, 6) is -0.873. The van der Waals surface area contributed by atoms with Crippen molar-refractivity contribution < 1.29 is 18.7 Å². The molecule has 1 atom stereocenters. The maximum atomic E-state index is 11.7. The number of rotatable bonds is 7. The van der Waals surface area contributed by atoms with Crippen LogP contribution in [0.5, 0.6) is 0 Å². The Balaban J connectivity index is 1.67. The van der Waals surface area contributed by atoms with Gasteiger partial charge in [0.05, 0.1) is 6.26 Å². The van der Waals surface area contributed by atoms with Gasteiger partial charge in [0, 0.05) is 6.04 Å². The summed E-state index contributed by atoms with van der Waals surface area (Å²) in [5.41, 5.74) is 1.23. The number of furan rings is 1. The van der Waals surface area contributed by atoms with Crippen molar-refractivity contribution in [2.45, 2.75) is 25.8 Å². The maximum Gasteiger partial charge on any atom is 0.374 e. The first kappa shape index (κ1) is 15.8. The van der Waals surface area contributed by atoms with Crippen LogP contribution in [0, 0.1) is 0 Å². The summed E-state index contributed by atoms with van der Waals surface area (Å²) >= 11 is 0. The van der Waals surface area contributed by atoms with Crippen molar-refractivity contribution in [2.75, 3.05) is 6.61 Å². The van der Waals surface area contributed by atoms with Crippen molar-refractivity contribution in [2.24, 2.45) is 0 Å². The van der Waals surface area contributed by atoms with Gasteiger partial charge in [-0.25, -0.2) is 4.79 Å². The lowest BCUT2D eigenvalue weighted by Crippen LogP contribution is -2.36. The summed E-state index contributed by atoms with van der Waals surface area (Å²) in [6.07, 6.45) is 3.08. The molecule has 0 aliphatic carbocycles. The maximum absolute atomic E-state index is 11.7. The number of amides is 1. The molecule has 1 aromatic carbocycles. The number of ether oxygens (including phenoxy) is 1. The highest BCUT2D eigenvalue weighted by atomic mass is 16.5. The molecule has 0 saturated carbocycles. The molecule has 0 spiro atoms. The van der Waals surface area contributed by atoms with Gasteiger partial charge in [-0.15, -0.1) is 0 Å². The highest BCUT2D eigenvalue weighted by Crippen LogP contribution is 2.05. The van der Waals surface area contributed by atoms with Crippen LogP contribution >= 0.6 is 0 Å². The summed E-state index contributed by atoms with van der Waals surface area (Å²) in [5, 5.41) is 2.80. The molecule has 0 bridgehead atoms. The number of carbonyl (C=O) groups is 2. The molecule has 1 aromatic heterocycles. The molecular weight excluding hydrogens is 282 g/mol. The molecule has 2 rings (SSSR count). The molecule has 5 nitrogen and oxygen atoms in total. The third-order valence-electron chi connectivity index (χ3n) is 3.17. The average Bonchev–Trinajstić information content (AvgIpc) is 3.06. The number of benzene rings is 1. The van der Waals surface area contributed by atoms with Gasteiger partial charge in [-0.2, -0.15) is 0 Å². The largest absolute Gasteiger partial charge is 0.457 e. The van der Waals surface area contributed by atoms with E-state index in [1.807, 2.05) is 25.1 Å². The molecule has 0 aliphatic heterocycles. The van der Waals surface area contributed by atoms with E-state index in [1.54, 1.807) is 6.07 Å². The van der Waals surface area contributed by atoms with Gasteiger partial charge in [-0.1, -0.05) is 30.3 Å². The number of aryl methyl sites for hydroxylation is 1. The van der Waals surface area contributed by atoms with E-state index in [0.717, 1.165) is 12.8 Å². The van der Waals surface area contributed by atoms with Crippen molar-refractivity contribution in [3.8, 4) is 0 Å². The summed E-state index contributed by atoms with van der Waals surface area (Å²) in [4.78, 5) is 23.2. The van der Waals surface area contributed by atoms with Crippen LogP contribution in [0.3, 0.4) is 0 Å². The molecule has 1 amide bonds. The molecule has 0 saturated heterocycles. The Morgan fingerprint density at radius 3 is 2.64 bits per heavy atom. The van der Waals surface area contributed by atoms with Gasteiger partial charge in [-0.05, 0) is 37.5 Å². The normalized spacial score (nSPS) is 11.7. The van der Waals surface area contributed by atoms with E-state index in [9.17, 15) is 9.59 Å². The van der Waals surface area contributed by atoms with Crippen molar-refractivity contribution in [1.82, 2.24) is 5.32 Å². The van der Waals surface area contributed by atoms with Gasteiger partial charge in [0.15, 0.2) is 6.61 Å². The average molecular weight is 301 g/mol. The van der Waals surface area contributed by atoms with Crippen LogP contribution in [0.15, 0.2) is 53.1 Å². The molecule has 0 unspecified atom stereocenters. The Labute approximate surface area is 129 Å². The first-order chi connectivity index (χ1) is 10.6. The quantitative estimate of drug-likeness (QED) is 0.798. The van der Waals surface area contributed by atoms with E-state index in [4.69, 9.17) is 9.15 Å². The van der Waals surface area contributed by atoms with E-state index >= 15 is 0 Å². The molecule has 0 fully saturated rings. The molecule has 1 heterocycles. The number of hydrogen-bond acceptors (Lipinski definition) is 4. The zero-order valence-electron chi connectivity index (χ0n) is 12.5. The Bertz CT molecular complexity index is 592. The smallest absolute Gasteiger partial charge is 0.374 e. The van der Waals surface area contributed by atoms with E-state index in [2.05, 4.69) is 17.4 Å². The third kappa shape index (κ3) is 5.09. The van der Waals surface area contributed by atoms with Gasteiger partial charge in [0.1, 0.15) is 0 Å². The minimum atomic E-state index is -0.642. The fourth-order valence-corrected chi connectivity index (χ4v) is 2.01. The van der Waals surface area contributed by atoms with Gasteiger partial charge in [-0.3, -0.25) is 4.79 Å². The lowest BCUT2D eigenvalue weighted by Gasteiger charge is -2.13. The van der Waals surface area contributed by atoms with E-state index < -0.39 is 5.97 Å². The molecule has 2 aromatic rings. The zero-order chi connectivity index (χ0) is 15.8. The summed E-state index contributed by atoms with van der Waals surface area (Å²) in [7, 11) is 0. The second-order valence-corrected chi connectivity index (χ2v) is 5.05. The Morgan fingerprint density at radius 2 is 1.95 bits per heavy atom. The van der Waals surface area contributed by atoms with Crippen LogP contribution in [-0.2, 0) is 16.0 Å². The van der Waals surface area contributed by atoms with Crippen molar-refractivity contribution in [1.29, 1.82) is 0 Å². The first-order valence-corrected chi connectivity index (χ1v) is 7.19. The standard InChI is InChI=1S/C17H19NO4/c1-13(9-10-14-6-3-2-4-7-14)18-16(19)12-22-17(20)15-8-5-11-21-15/h2-8,11,13H,9-10,12H2,1H3,(H,18,19)/t13-/m1/s1. The van der Waals surface area contributed by atoms with Gasteiger partial charge in [0.25, 0.3) is 5.91 Å². The zero-order valence-corrected chi connectivity index (χ0v) is 12.5. The molecular formula is C17H19NO4. The predicted molar refractivity (Wildman–Crippen MR) is 81.4 cm³/mol. The van der Waals surface area contributed by atoms with Gasteiger partial charge >= 0.3 is 5.97 Å². The third-order valence-corrected chi connectivity index (χ3v) is 3.17. The SMILES string of the molecule is C[C@H](CCc1ccccc1)NC(=O)COC(=O)c1ccco1. The molecule has 22 heavy (non-hydrogen) atoms. The molecule has 1 N–H and O–H groups in total. The number of hydrogen-bond donors (Lipinski definition) is 1. The van der Waals surface area contributed by atoms with Crippen molar-refractivity contribution in [3.05, 3.63) is 60.1 Å². The van der Waals surface area contributed by atoms with Crippen LogP contribution in [0.4, 0.5) is 0 Å². The van der Waals surface area contributed by atoms with Crippen LogP contribution in [0.25, 0.3) is 0 Å². The van der Waals surface area contributed by atoms with Crippen molar-refractivity contribution >= 4 is 11.9 Å². The van der Waals surface area contributed by atoms with Crippen LogP contribution in [-0.4, -0.2) is 24.5 Å². The number of esters is 1. The topological polar surface area (TPSA) is 68.5 Å². The number of nitrogens with one attached hydrogen (secondary N) is 1. The highest BCUT2D eigenvalue weighted by molar-refractivity contribution is 5.88. The summed E-state index contributed by atoms with van der Waals surface area (Å²) < 4.78 is 9.76. The Kier molecular flexibility index (Phi) is 5.77. The first-order valence-electron chi connectivity index (χ1n) is 7.19. The van der Waals surface area contributed by atoms with E-state index in [1.165, 1.54) is 17.9 Å². The second kappa shape index (κ2) is 8.02. The van der Waals surface area contributed by atoms with Crippen LogP contribution < -0.4 is 5.32 Å². The fraction of sp³-hybridized carbons (Fsp3) is 0.294. The van der Waals surface area contributed by atoms with Crippen LogP contribution in [0.1, 0.15) is 29.5 Å². The second-order valence-electron chi connectivity index (χ2n) is 5.05. The number of carbonyl (C=O) groups excluding carboxylic acids is 2. The predicted octanol–water partition coefficient (Wildman–Crippen LogP) is 2.57. The minimum absolute atomic E-state index is 0.00928. The lowest BCUT2D eigenvalue weighted by molar-refractivity contribution is -0.124. The molecule has 5 heteroatoms. The van der Waals surface area contributed by atoms with Crippen LogP contribution in [0.2, 0.25) is 0 Å².